The SMILES string of the molecule is CCOc1cccc(-c2ccc(Nc3ncccc3C(=O)O)cc2)c1.Cc1cc(Nc2ncccc2C(=O)O)c(F)cc1-c1cccc(OC(F)(F)F)c1.O=C(O)c1ccncc1Nc1ccc(-c2cccc(OC(F)(F)F)c2)cc1F. The van der Waals surface area contributed by atoms with E-state index in [1.807, 2.05) is 55.5 Å². The third-order valence-electron chi connectivity index (χ3n) is 11.3. The highest BCUT2D eigenvalue weighted by Crippen LogP contribution is 2.35. The normalized spacial score (nSPS) is 10.9. The fourth-order valence-electron chi connectivity index (χ4n) is 7.74. The molecule has 420 valence electrons. The second kappa shape index (κ2) is 26.4. The maximum atomic E-state index is 14.7. The molecule has 0 aliphatic rings. The Hall–Kier alpha value is -10.6. The smallest absolute Gasteiger partial charge is 0.494 e. The van der Waals surface area contributed by atoms with Gasteiger partial charge in [-0.05, 0) is 156 Å². The molecule has 0 atom stereocenters. The maximum absolute atomic E-state index is 14.7. The van der Waals surface area contributed by atoms with Crippen molar-refractivity contribution in [2.75, 3.05) is 22.6 Å². The van der Waals surface area contributed by atoms with Gasteiger partial charge >= 0.3 is 30.6 Å². The van der Waals surface area contributed by atoms with E-state index in [9.17, 15) is 59.7 Å². The predicted octanol–water partition coefficient (Wildman–Crippen LogP) is 15.4. The van der Waals surface area contributed by atoms with Crippen molar-refractivity contribution in [1.29, 1.82) is 0 Å². The number of hydrogen-bond donors (Lipinski definition) is 6. The molecule has 82 heavy (non-hydrogen) atoms. The zero-order chi connectivity index (χ0) is 59.1. The van der Waals surface area contributed by atoms with Crippen molar-refractivity contribution in [2.24, 2.45) is 0 Å². The van der Waals surface area contributed by atoms with Gasteiger partial charge in [0.05, 0.1) is 35.4 Å². The van der Waals surface area contributed by atoms with Crippen molar-refractivity contribution in [2.45, 2.75) is 26.6 Å². The van der Waals surface area contributed by atoms with Gasteiger partial charge in [0.2, 0.25) is 0 Å². The predicted molar refractivity (Wildman–Crippen MR) is 288 cm³/mol. The summed E-state index contributed by atoms with van der Waals surface area (Å²) in [7, 11) is 0. The Morgan fingerprint density at radius 3 is 1.55 bits per heavy atom. The Bertz CT molecular complexity index is 3740. The average Bonchev–Trinajstić information content (AvgIpc) is 3.55. The van der Waals surface area contributed by atoms with E-state index in [1.165, 1.54) is 85.3 Å². The Morgan fingerprint density at radius 2 is 0.988 bits per heavy atom. The molecule has 9 aromatic rings. The molecule has 0 spiro atoms. The number of alkyl halides is 6. The van der Waals surface area contributed by atoms with Crippen LogP contribution in [0.4, 0.5) is 69.5 Å². The van der Waals surface area contributed by atoms with Crippen molar-refractivity contribution < 1.29 is 79.0 Å². The molecule has 0 amide bonds. The van der Waals surface area contributed by atoms with Gasteiger partial charge in [-0.25, -0.2) is 33.1 Å². The standard InChI is InChI=1S/C20H14F4N2O3.C20H18N2O3.C19H12F4N2O3/c1-11-8-17(26-18-14(19(27)28)6-3-7-25-18)16(21)10-15(11)12-4-2-5-13(9-12)29-20(22,23)24;1-2-25-17-6-3-5-15(13-17)14-8-10-16(11-9-14)22-19-18(20(23)24)7-4-12-21-19;20-15-9-12(11-2-1-3-13(8-11)28-19(21,22)23)4-5-16(15)25-17-10-24-7-6-14(17)18(26)27/h2-10H,1H3,(H,25,26)(H,27,28);3-13H,2H2,1H3,(H,21,22)(H,23,24);1-10,25H,(H,26,27). The van der Waals surface area contributed by atoms with Crippen LogP contribution < -0.4 is 30.2 Å². The summed E-state index contributed by atoms with van der Waals surface area (Å²) in [6.45, 7) is 4.23. The largest absolute Gasteiger partial charge is 0.573 e. The number of carboxylic acids is 3. The van der Waals surface area contributed by atoms with Gasteiger partial charge in [0, 0.05) is 24.3 Å². The summed E-state index contributed by atoms with van der Waals surface area (Å²) >= 11 is 0. The molecular formula is C59H44F8N6O9. The van der Waals surface area contributed by atoms with Crippen LogP contribution in [0.25, 0.3) is 33.4 Å². The van der Waals surface area contributed by atoms with Crippen LogP contribution in [0.5, 0.6) is 17.2 Å². The molecule has 0 saturated carbocycles. The number of anilines is 6. The molecule has 0 unspecified atom stereocenters. The molecule has 15 nitrogen and oxygen atoms in total. The van der Waals surface area contributed by atoms with Crippen molar-refractivity contribution in [3.8, 4) is 50.6 Å². The first kappa shape index (κ1) is 59.1. The molecule has 3 aromatic heterocycles. The van der Waals surface area contributed by atoms with Crippen LogP contribution in [-0.2, 0) is 0 Å². The van der Waals surface area contributed by atoms with E-state index >= 15 is 0 Å². The highest BCUT2D eigenvalue weighted by Gasteiger charge is 2.32. The second-order valence-corrected chi connectivity index (χ2v) is 17.0. The van der Waals surface area contributed by atoms with Crippen molar-refractivity contribution >= 4 is 52.3 Å². The van der Waals surface area contributed by atoms with Gasteiger partial charge in [-0.1, -0.05) is 54.6 Å². The number of ether oxygens (including phenoxy) is 3. The van der Waals surface area contributed by atoms with Crippen LogP contribution in [0, 0.1) is 18.6 Å². The highest BCUT2D eigenvalue weighted by molar-refractivity contribution is 5.96. The molecule has 0 saturated heterocycles. The number of carboxylic acid groups (broad SMARTS) is 3. The van der Waals surface area contributed by atoms with Gasteiger partial charge in [-0.15, -0.1) is 26.3 Å². The molecular weight excluding hydrogens is 1090 g/mol. The fourth-order valence-corrected chi connectivity index (χ4v) is 7.74. The Morgan fingerprint density at radius 1 is 0.488 bits per heavy atom. The van der Waals surface area contributed by atoms with E-state index in [-0.39, 0.29) is 39.6 Å². The van der Waals surface area contributed by atoms with Crippen molar-refractivity contribution in [3.63, 3.8) is 0 Å². The second-order valence-electron chi connectivity index (χ2n) is 17.0. The van der Waals surface area contributed by atoms with Gasteiger partial charge in [0.25, 0.3) is 0 Å². The molecule has 9 rings (SSSR count). The quantitative estimate of drug-likeness (QED) is 0.0497. The van der Waals surface area contributed by atoms with Crippen molar-refractivity contribution in [1.82, 2.24) is 15.0 Å². The number of pyridine rings is 3. The molecule has 6 aromatic carbocycles. The van der Waals surface area contributed by atoms with Crippen LogP contribution in [0.15, 0.2) is 183 Å². The third kappa shape index (κ3) is 16.5. The summed E-state index contributed by atoms with van der Waals surface area (Å²) in [5.74, 6) is -4.62. The van der Waals surface area contributed by atoms with Gasteiger partial charge in [0.15, 0.2) is 0 Å². The van der Waals surface area contributed by atoms with Crippen LogP contribution in [0.2, 0.25) is 0 Å². The number of nitrogens with one attached hydrogen (secondary N) is 3. The molecule has 0 bridgehead atoms. The van der Waals surface area contributed by atoms with E-state index in [2.05, 4.69) is 40.4 Å². The van der Waals surface area contributed by atoms with Crippen LogP contribution in [0.3, 0.4) is 0 Å². The van der Waals surface area contributed by atoms with E-state index in [0.717, 1.165) is 59.0 Å². The first-order valence-corrected chi connectivity index (χ1v) is 24.0. The van der Waals surface area contributed by atoms with E-state index in [0.29, 0.717) is 40.2 Å². The molecule has 23 heteroatoms. The summed E-state index contributed by atoms with van der Waals surface area (Å²) in [5.41, 5.74) is 4.74. The zero-order valence-corrected chi connectivity index (χ0v) is 42.7. The Kier molecular flexibility index (Phi) is 19.0. The lowest BCUT2D eigenvalue weighted by Crippen LogP contribution is -2.17. The number of rotatable bonds is 16. The van der Waals surface area contributed by atoms with Gasteiger partial charge in [-0.2, -0.15) is 0 Å². The first-order chi connectivity index (χ1) is 39.0. The molecule has 0 aliphatic carbocycles. The molecule has 0 fully saturated rings. The molecule has 3 heterocycles. The maximum Gasteiger partial charge on any atom is 0.573 e. The molecule has 0 radical (unpaired) electrons. The van der Waals surface area contributed by atoms with Crippen LogP contribution >= 0.6 is 0 Å². The number of hydrogen-bond acceptors (Lipinski definition) is 12. The number of benzene rings is 6. The molecule has 6 N–H and O–H groups in total. The summed E-state index contributed by atoms with van der Waals surface area (Å²) < 4.78 is 117. The van der Waals surface area contributed by atoms with E-state index in [4.69, 9.17) is 9.84 Å². The highest BCUT2D eigenvalue weighted by atomic mass is 19.4. The molecule has 0 aliphatic heterocycles. The Labute approximate surface area is 461 Å². The summed E-state index contributed by atoms with van der Waals surface area (Å²) in [5, 5.41) is 35.9. The number of aromatic carboxylic acids is 3. The van der Waals surface area contributed by atoms with Crippen LogP contribution in [0.1, 0.15) is 43.6 Å². The first-order valence-electron chi connectivity index (χ1n) is 24.0. The summed E-state index contributed by atoms with van der Waals surface area (Å²) in [6.07, 6.45) is -4.21. The lowest BCUT2D eigenvalue weighted by molar-refractivity contribution is -0.275. The zero-order valence-electron chi connectivity index (χ0n) is 42.7. The van der Waals surface area contributed by atoms with E-state index in [1.54, 1.807) is 19.2 Å². The monoisotopic (exact) mass is 1130 g/mol. The lowest BCUT2D eigenvalue weighted by atomic mass is 9.99. The third-order valence-corrected chi connectivity index (χ3v) is 11.3. The summed E-state index contributed by atoms with van der Waals surface area (Å²) in [6, 6.07) is 39.6. The van der Waals surface area contributed by atoms with Crippen LogP contribution in [-0.4, -0.2) is 67.5 Å². The number of carbonyl (C=O) groups is 3. The summed E-state index contributed by atoms with van der Waals surface area (Å²) in [4.78, 5) is 45.5. The van der Waals surface area contributed by atoms with Gasteiger partial charge in [-0.3, -0.25) is 4.98 Å². The Balaban J connectivity index is 0.000000178. The number of aryl methyl sites for hydroxylation is 1. The lowest BCUT2D eigenvalue weighted by Gasteiger charge is -2.14. The van der Waals surface area contributed by atoms with Gasteiger partial charge < -0.3 is 45.5 Å². The minimum absolute atomic E-state index is 0.0121. The van der Waals surface area contributed by atoms with Crippen molar-refractivity contribution in [3.05, 3.63) is 216 Å². The fraction of sp³-hybridized carbons (Fsp3) is 0.0847. The number of nitrogens with zero attached hydrogens (tertiary/aromatic N) is 3. The minimum Gasteiger partial charge on any atom is -0.494 e. The number of halogens is 8. The van der Waals surface area contributed by atoms with Gasteiger partial charge in [0.1, 0.15) is 51.6 Å². The topological polar surface area (TPSA) is 214 Å². The number of aromatic nitrogens is 3. The minimum atomic E-state index is -4.84. The average molecular weight is 1130 g/mol. The van der Waals surface area contributed by atoms with E-state index < -0.39 is 53.8 Å².